The van der Waals surface area contributed by atoms with Crippen LogP contribution in [0.25, 0.3) is 0 Å². The lowest BCUT2D eigenvalue weighted by atomic mass is 9.91. The van der Waals surface area contributed by atoms with Gasteiger partial charge in [0.2, 0.25) is 0 Å². The first kappa shape index (κ1) is 11.7. The molecule has 0 aromatic carbocycles. The summed E-state index contributed by atoms with van der Waals surface area (Å²) in [6.07, 6.45) is 7.45. The standard InChI is InChI=1S/C13H22N2O/c1-10(9-13-3-2-8-16-13)15-12-6-4-11(14)5-7-12/h2-3,8,10-12,15H,4-7,9,14H2,1H3. The van der Waals surface area contributed by atoms with Crippen LogP contribution >= 0.6 is 0 Å². The predicted molar refractivity (Wildman–Crippen MR) is 65.2 cm³/mol. The zero-order valence-corrected chi connectivity index (χ0v) is 9.99. The Morgan fingerprint density at radius 2 is 2.19 bits per heavy atom. The minimum atomic E-state index is 0.429. The van der Waals surface area contributed by atoms with Crippen LogP contribution in [-0.4, -0.2) is 18.1 Å². The molecule has 0 radical (unpaired) electrons. The van der Waals surface area contributed by atoms with Crippen molar-refractivity contribution in [3.05, 3.63) is 24.2 Å². The second kappa shape index (κ2) is 5.51. The molecule has 1 saturated carbocycles. The molecule has 1 aliphatic carbocycles. The molecule has 3 N–H and O–H groups in total. The first-order chi connectivity index (χ1) is 7.74. The van der Waals surface area contributed by atoms with E-state index in [1.165, 1.54) is 12.8 Å². The predicted octanol–water partition coefficient (Wildman–Crippen LogP) is 2.07. The minimum Gasteiger partial charge on any atom is -0.469 e. The Morgan fingerprint density at radius 3 is 2.81 bits per heavy atom. The lowest BCUT2D eigenvalue weighted by molar-refractivity contribution is 0.314. The van der Waals surface area contributed by atoms with Gasteiger partial charge in [-0.05, 0) is 44.7 Å². The van der Waals surface area contributed by atoms with Crippen molar-refractivity contribution < 1.29 is 4.42 Å². The Kier molecular flexibility index (Phi) is 4.02. The van der Waals surface area contributed by atoms with Crippen molar-refractivity contribution in [1.82, 2.24) is 5.32 Å². The number of nitrogens with two attached hydrogens (primary N) is 1. The highest BCUT2D eigenvalue weighted by molar-refractivity contribution is 5.00. The largest absolute Gasteiger partial charge is 0.469 e. The van der Waals surface area contributed by atoms with E-state index in [4.69, 9.17) is 10.2 Å². The van der Waals surface area contributed by atoms with Crippen LogP contribution in [0.5, 0.6) is 0 Å². The van der Waals surface area contributed by atoms with Crippen molar-refractivity contribution >= 4 is 0 Å². The quantitative estimate of drug-likeness (QED) is 0.820. The van der Waals surface area contributed by atoms with Crippen molar-refractivity contribution in [3.8, 4) is 0 Å². The van der Waals surface area contributed by atoms with Gasteiger partial charge in [0.25, 0.3) is 0 Å². The molecule has 1 aromatic rings. The van der Waals surface area contributed by atoms with E-state index >= 15 is 0 Å². The summed E-state index contributed by atoms with van der Waals surface area (Å²) < 4.78 is 5.35. The Hall–Kier alpha value is -0.800. The Balaban J connectivity index is 1.72. The highest BCUT2D eigenvalue weighted by atomic mass is 16.3. The highest BCUT2D eigenvalue weighted by Gasteiger charge is 2.19. The molecule has 0 saturated heterocycles. The lowest BCUT2D eigenvalue weighted by Crippen LogP contribution is -2.42. The van der Waals surface area contributed by atoms with Crippen molar-refractivity contribution in [2.75, 3.05) is 0 Å². The first-order valence-electron chi connectivity index (χ1n) is 6.28. The first-order valence-corrected chi connectivity index (χ1v) is 6.28. The van der Waals surface area contributed by atoms with Gasteiger partial charge in [-0.25, -0.2) is 0 Å². The molecule has 1 heterocycles. The van der Waals surface area contributed by atoms with Gasteiger partial charge in [0, 0.05) is 24.5 Å². The maximum absolute atomic E-state index is 5.89. The van der Waals surface area contributed by atoms with E-state index in [-0.39, 0.29) is 0 Å². The van der Waals surface area contributed by atoms with E-state index in [2.05, 4.69) is 12.2 Å². The van der Waals surface area contributed by atoms with E-state index in [9.17, 15) is 0 Å². The van der Waals surface area contributed by atoms with Crippen LogP contribution in [0.1, 0.15) is 38.4 Å². The number of rotatable bonds is 4. The molecular formula is C13H22N2O. The maximum atomic E-state index is 5.89. The number of hydrogen-bond donors (Lipinski definition) is 2. The molecule has 1 aromatic heterocycles. The third-order valence-corrected chi connectivity index (χ3v) is 3.38. The average Bonchev–Trinajstić information content (AvgIpc) is 2.74. The molecule has 2 rings (SSSR count). The van der Waals surface area contributed by atoms with Crippen molar-refractivity contribution in [2.45, 2.75) is 57.2 Å². The molecule has 0 spiro atoms. The van der Waals surface area contributed by atoms with E-state index in [1.807, 2.05) is 12.1 Å². The Bertz CT molecular complexity index is 289. The smallest absolute Gasteiger partial charge is 0.105 e. The van der Waals surface area contributed by atoms with Crippen LogP contribution in [0.15, 0.2) is 22.8 Å². The summed E-state index contributed by atoms with van der Waals surface area (Å²) >= 11 is 0. The van der Waals surface area contributed by atoms with Gasteiger partial charge in [-0.2, -0.15) is 0 Å². The second-order valence-corrected chi connectivity index (χ2v) is 4.96. The van der Waals surface area contributed by atoms with Crippen LogP contribution in [0.4, 0.5) is 0 Å². The van der Waals surface area contributed by atoms with Crippen molar-refractivity contribution in [3.63, 3.8) is 0 Å². The van der Waals surface area contributed by atoms with Gasteiger partial charge in [0.15, 0.2) is 0 Å². The summed E-state index contributed by atoms with van der Waals surface area (Å²) in [5.74, 6) is 1.06. The van der Waals surface area contributed by atoms with Gasteiger partial charge in [0.1, 0.15) is 5.76 Å². The fourth-order valence-corrected chi connectivity index (χ4v) is 2.48. The summed E-state index contributed by atoms with van der Waals surface area (Å²) in [4.78, 5) is 0. The number of nitrogens with one attached hydrogen (secondary N) is 1. The van der Waals surface area contributed by atoms with Crippen LogP contribution in [0.3, 0.4) is 0 Å². The molecule has 1 aliphatic rings. The highest BCUT2D eigenvalue weighted by Crippen LogP contribution is 2.18. The van der Waals surface area contributed by atoms with Crippen LogP contribution in [-0.2, 0) is 6.42 Å². The van der Waals surface area contributed by atoms with Gasteiger partial charge in [-0.1, -0.05) is 0 Å². The average molecular weight is 222 g/mol. The summed E-state index contributed by atoms with van der Waals surface area (Å²) in [5, 5.41) is 3.66. The SMILES string of the molecule is CC(Cc1ccco1)NC1CCC(N)CC1. The van der Waals surface area contributed by atoms with E-state index in [0.29, 0.717) is 18.1 Å². The molecule has 1 atom stereocenters. The zero-order chi connectivity index (χ0) is 11.4. The van der Waals surface area contributed by atoms with E-state index in [1.54, 1.807) is 6.26 Å². The fraction of sp³-hybridized carbons (Fsp3) is 0.692. The van der Waals surface area contributed by atoms with Gasteiger partial charge in [-0.3, -0.25) is 0 Å². The number of furan rings is 1. The van der Waals surface area contributed by atoms with Crippen molar-refractivity contribution in [2.24, 2.45) is 5.73 Å². The zero-order valence-electron chi connectivity index (χ0n) is 9.99. The topological polar surface area (TPSA) is 51.2 Å². The molecule has 16 heavy (non-hydrogen) atoms. The summed E-state index contributed by atoms with van der Waals surface area (Å²) in [7, 11) is 0. The molecular weight excluding hydrogens is 200 g/mol. The fourth-order valence-electron chi connectivity index (χ4n) is 2.48. The Morgan fingerprint density at radius 1 is 1.44 bits per heavy atom. The second-order valence-electron chi connectivity index (χ2n) is 4.96. The molecule has 1 fully saturated rings. The van der Waals surface area contributed by atoms with Crippen LogP contribution < -0.4 is 11.1 Å². The maximum Gasteiger partial charge on any atom is 0.105 e. The van der Waals surface area contributed by atoms with Gasteiger partial charge in [0.05, 0.1) is 6.26 Å². The Labute approximate surface area is 97.4 Å². The molecule has 0 bridgehead atoms. The molecule has 3 heteroatoms. The molecule has 1 unspecified atom stereocenters. The minimum absolute atomic E-state index is 0.429. The van der Waals surface area contributed by atoms with Crippen molar-refractivity contribution in [1.29, 1.82) is 0 Å². The van der Waals surface area contributed by atoms with Gasteiger partial charge >= 0.3 is 0 Å². The molecule has 0 amide bonds. The van der Waals surface area contributed by atoms with E-state index < -0.39 is 0 Å². The normalized spacial score (nSPS) is 27.9. The van der Waals surface area contributed by atoms with E-state index in [0.717, 1.165) is 25.0 Å². The summed E-state index contributed by atoms with van der Waals surface area (Å²) in [5.41, 5.74) is 5.89. The summed E-state index contributed by atoms with van der Waals surface area (Å²) in [6, 6.07) is 5.53. The third-order valence-electron chi connectivity index (χ3n) is 3.38. The van der Waals surface area contributed by atoms with Gasteiger partial charge in [-0.15, -0.1) is 0 Å². The molecule has 3 nitrogen and oxygen atoms in total. The monoisotopic (exact) mass is 222 g/mol. The van der Waals surface area contributed by atoms with Crippen LogP contribution in [0, 0.1) is 0 Å². The number of hydrogen-bond acceptors (Lipinski definition) is 3. The lowest BCUT2D eigenvalue weighted by Gasteiger charge is -2.29. The molecule has 90 valence electrons. The van der Waals surface area contributed by atoms with Gasteiger partial charge < -0.3 is 15.5 Å². The summed E-state index contributed by atoms with van der Waals surface area (Å²) in [6.45, 7) is 2.22. The molecule has 0 aliphatic heterocycles. The van der Waals surface area contributed by atoms with Crippen LogP contribution in [0.2, 0.25) is 0 Å². The third kappa shape index (κ3) is 3.35.